The predicted octanol–water partition coefficient (Wildman–Crippen LogP) is 3.41. The molecule has 0 amide bonds. The lowest BCUT2D eigenvalue weighted by Crippen LogP contribution is -2.05. The summed E-state index contributed by atoms with van der Waals surface area (Å²) in [5, 5.41) is 0. The van der Waals surface area contributed by atoms with Crippen molar-refractivity contribution in [2.75, 3.05) is 19.8 Å². The quantitative estimate of drug-likeness (QED) is 0.924. The van der Waals surface area contributed by atoms with E-state index in [9.17, 15) is 0 Å². The Bertz CT molecular complexity index is 374. The molecular formula is C14H20BrNO. The third-order valence-corrected chi connectivity index (χ3v) is 4.25. The summed E-state index contributed by atoms with van der Waals surface area (Å²) in [6.45, 7) is 4.72. The van der Waals surface area contributed by atoms with Crippen LogP contribution in [0.4, 0.5) is 0 Å². The molecule has 1 fully saturated rings. The van der Waals surface area contributed by atoms with Crippen LogP contribution in [-0.2, 0) is 4.74 Å². The van der Waals surface area contributed by atoms with E-state index in [4.69, 9.17) is 10.5 Å². The molecule has 0 radical (unpaired) electrons. The monoisotopic (exact) mass is 297 g/mol. The minimum absolute atomic E-state index is 0.533. The van der Waals surface area contributed by atoms with Crippen LogP contribution in [0.5, 0.6) is 0 Å². The van der Waals surface area contributed by atoms with Crippen LogP contribution >= 0.6 is 15.9 Å². The van der Waals surface area contributed by atoms with Crippen molar-refractivity contribution in [2.24, 2.45) is 5.73 Å². The van der Waals surface area contributed by atoms with Crippen molar-refractivity contribution in [1.29, 1.82) is 0 Å². The van der Waals surface area contributed by atoms with E-state index >= 15 is 0 Å². The van der Waals surface area contributed by atoms with Gasteiger partial charge >= 0.3 is 0 Å². The Morgan fingerprint density at radius 3 is 2.94 bits per heavy atom. The van der Waals surface area contributed by atoms with E-state index in [1.807, 2.05) is 0 Å². The zero-order valence-corrected chi connectivity index (χ0v) is 11.9. The van der Waals surface area contributed by atoms with Crippen LogP contribution in [0, 0.1) is 0 Å². The van der Waals surface area contributed by atoms with E-state index in [2.05, 4.69) is 41.1 Å². The lowest BCUT2D eigenvalue weighted by molar-refractivity contribution is 0.194. The second-order valence-electron chi connectivity index (χ2n) is 4.82. The van der Waals surface area contributed by atoms with Crippen molar-refractivity contribution in [1.82, 2.24) is 0 Å². The number of benzene rings is 1. The summed E-state index contributed by atoms with van der Waals surface area (Å²) in [6, 6.07) is 6.72. The first-order chi connectivity index (χ1) is 8.22. The number of hydrogen-bond donors (Lipinski definition) is 1. The Labute approximate surface area is 112 Å². The number of rotatable bonds is 4. The van der Waals surface area contributed by atoms with Crippen molar-refractivity contribution in [2.45, 2.75) is 31.6 Å². The van der Waals surface area contributed by atoms with Gasteiger partial charge in [-0.25, -0.2) is 0 Å². The van der Waals surface area contributed by atoms with E-state index in [1.54, 1.807) is 0 Å². The van der Waals surface area contributed by atoms with Gasteiger partial charge in [0.05, 0.1) is 6.61 Å². The molecule has 0 spiro atoms. The lowest BCUT2D eigenvalue weighted by atomic mass is 9.93. The van der Waals surface area contributed by atoms with Gasteiger partial charge in [-0.3, -0.25) is 0 Å². The minimum atomic E-state index is 0.533. The fourth-order valence-electron chi connectivity index (χ4n) is 2.38. The second kappa shape index (κ2) is 5.98. The van der Waals surface area contributed by atoms with E-state index in [-0.39, 0.29) is 0 Å². The molecule has 1 aromatic rings. The molecule has 0 aliphatic carbocycles. The Morgan fingerprint density at radius 2 is 2.35 bits per heavy atom. The van der Waals surface area contributed by atoms with Gasteiger partial charge in [-0.15, -0.1) is 0 Å². The summed E-state index contributed by atoms with van der Waals surface area (Å²) in [6.07, 6.45) is 2.18. The van der Waals surface area contributed by atoms with E-state index in [1.165, 1.54) is 15.6 Å². The van der Waals surface area contributed by atoms with Crippen molar-refractivity contribution in [3.63, 3.8) is 0 Å². The van der Waals surface area contributed by atoms with Crippen molar-refractivity contribution < 1.29 is 4.74 Å². The van der Waals surface area contributed by atoms with Gasteiger partial charge in [0.1, 0.15) is 0 Å². The summed E-state index contributed by atoms with van der Waals surface area (Å²) in [7, 11) is 0. The molecule has 94 valence electrons. The van der Waals surface area contributed by atoms with Gasteiger partial charge in [0, 0.05) is 17.0 Å². The average molecular weight is 298 g/mol. The van der Waals surface area contributed by atoms with Crippen LogP contribution in [0.2, 0.25) is 0 Å². The fourth-order valence-corrected chi connectivity index (χ4v) is 3.10. The van der Waals surface area contributed by atoms with Crippen LogP contribution in [0.3, 0.4) is 0 Å². The van der Waals surface area contributed by atoms with Crippen molar-refractivity contribution >= 4 is 15.9 Å². The van der Waals surface area contributed by atoms with Crippen LogP contribution in [0.1, 0.15) is 42.7 Å². The number of halogens is 1. The smallest absolute Gasteiger partial charge is 0.0535 e. The summed E-state index contributed by atoms with van der Waals surface area (Å²) in [5.41, 5.74) is 8.35. The van der Waals surface area contributed by atoms with Crippen LogP contribution in [0.15, 0.2) is 22.7 Å². The third kappa shape index (κ3) is 3.09. The van der Waals surface area contributed by atoms with Gasteiger partial charge in [-0.1, -0.05) is 35.0 Å². The van der Waals surface area contributed by atoms with Gasteiger partial charge < -0.3 is 10.5 Å². The van der Waals surface area contributed by atoms with Crippen molar-refractivity contribution in [3.05, 3.63) is 33.8 Å². The predicted molar refractivity (Wildman–Crippen MR) is 74.4 cm³/mol. The SMILES string of the molecule is CC(CCN)c1ccc(C2CCOC2)c(Br)c1. The lowest BCUT2D eigenvalue weighted by Gasteiger charge is -2.15. The molecule has 2 atom stereocenters. The van der Waals surface area contributed by atoms with Gasteiger partial charge in [-0.05, 0) is 42.5 Å². The van der Waals surface area contributed by atoms with E-state index in [0.717, 1.165) is 32.6 Å². The average Bonchev–Trinajstić information content (AvgIpc) is 2.82. The topological polar surface area (TPSA) is 35.2 Å². The highest BCUT2D eigenvalue weighted by molar-refractivity contribution is 9.10. The second-order valence-corrected chi connectivity index (χ2v) is 5.67. The Balaban J connectivity index is 2.16. The minimum Gasteiger partial charge on any atom is -0.381 e. The molecule has 17 heavy (non-hydrogen) atoms. The van der Waals surface area contributed by atoms with Gasteiger partial charge in [0.25, 0.3) is 0 Å². The maximum absolute atomic E-state index is 5.61. The maximum Gasteiger partial charge on any atom is 0.0535 e. The zero-order chi connectivity index (χ0) is 12.3. The van der Waals surface area contributed by atoms with E-state index < -0.39 is 0 Å². The molecule has 2 rings (SSSR count). The molecule has 1 aliphatic rings. The molecule has 0 aromatic heterocycles. The fraction of sp³-hybridized carbons (Fsp3) is 0.571. The number of hydrogen-bond acceptors (Lipinski definition) is 2. The molecule has 2 N–H and O–H groups in total. The van der Waals surface area contributed by atoms with Gasteiger partial charge in [0.2, 0.25) is 0 Å². The first-order valence-electron chi connectivity index (χ1n) is 6.29. The summed E-state index contributed by atoms with van der Waals surface area (Å²) >= 11 is 3.69. The standard InChI is InChI=1S/C14H20BrNO/c1-10(4-6-16)11-2-3-13(14(15)8-11)12-5-7-17-9-12/h2-3,8,10,12H,4-7,9,16H2,1H3. The molecule has 0 saturated carbocycles. The Morgan fingerprint density at radius 1 is 1.53 bits per heavy atom. The number of ether oxygens (including phenoxy) is 1. The first-order valence-corrected chi connectivity index (χ1v) is 7.09. The third-order valence-electron chi connectivity index (χ3n) is 3.56. The first kappa shape index (κ1) is 13.1. The Hall–Kier alpha value is -0.380. The van der Waals surface area contributed by atoms with Crippen LogP contribution in [-0.4, -0.2) is 19.8 Å². The zero-order valence-electron chi connectivity index (χ0n) is 10.3. The number of nitrogens with two attached hydrogens (primary N) is 1. The van der Waals surface area contributed by atoms with Gasteiger partial charge in [0.15, 0.2) is 0 Å². The molecule has 0 bridgehead atoms. The normalized spacial score (nSPS) is 21.7. The molecule has 1 aromatic carbocycles. The molecular weight excluding hydrogens is 278 g/mol. The molecule has 2 nitrogen and oxygen atoms in total. The summed E-state index contributed by atoms with van der Waals surface area (Å²) in [5.74, 6) is 1.09. The van der Waals surface area contributed by atoms with Crippen LogP contribution < -0.4 is 5.73 Å². The molecule has 1 aliphatic heterocycles. The molecule has 2 unspecified atom stereocenters. The maximum atomic E-state index is 5.61. The van der Waals surface area contributed by atoms with E-state index in [0.29, 0.717) is 11.8 Å². The highest BCUT2D eigenvalue weighted by Crippen LogP contribution is 2.33. The Kier molecular flexibility index (Phi) is 4.60. The van der Waals surface area contributed by atoms with Crippen molar-refractivity contribution in [3.8, 4) is 0 Å². The summed E-state index contributed by atoms with van der Waals surface area (Å²) < 4.78 is 6.66. The molecule has 1 saturated heterocycles. The summed E-state index contributed by atoms with van der Waals surface area (Å²) in [4.78, 5) is 0. The molecule has 1 heterocycles. The largest absolute Gasteiger partial charge is 0.381 e. The van der Waals surface area contributed by atoms with Gasteiger partial charge in [-0.2, -0.15) is 0 Å². The van der Waals surface area contributed by atoms with Crippen LogP contribution in [0.25, 0.3) is 0 Å². The highest BCUT2D eigenvalue weighted by Gasteiger charge is 2.20. The molecule has 3 heteroatoms. The highest BCUT2D eigenvalue weighted by atomic mass is 79.9.